The molecule has 0 saturated heterocycles. The Labute approximate surface area is 131 Å². The van der Waals surface area contributed by atoms with Crippen LogP contribution in [0.2, 0.25) is 0 Å². The van der Waals surface area contributed by atoms with Crippen LogP contribution in [-0.4, -0.2) is 37.0 Å². The Morgan fingerprint density at radius 2 is 1.95 bits per heavy atom. The molecule has 0 aliphatic heterocycles. The Kier molecular flexibility index (Phi) is 9.54. The lowest BCUT2D eigenvalue weighted by molar-refractivity contribution is 0.0178. The third kappa shape index (κ3) is 7.12. The van der Waals surface area contributed by atoms with Gasteiger partial charge in [-0.1, -0.05) is 47.0 Å². The maximum atomic E-state index is 10.0. The van der Waals surface area contributed by atoms with E-state index >= 15 is 0 Å². The van der Waals surface area contributed by atoms with Gasteiger partial charge in [-0.05, 0) is 37.0 Å². The summed E-state index contributed by atoms with van der Waals surface area (Å²) in [4.78, 5) is 0. The molecule has 5 unspecified atom stereocenters. The number of aliphatic hydroxyl groups excluding tert-OH is 1. The first-order chi connectivity index (χ1) is 10.1. The molecule has 0 aromatic rings. The summed E-state index contributed by atoms with van der Waals surface area (Å²) in [5.41, 5.74) is 0. The van der Waals surface area contributed by atoms with E-state index < -0.39 is 0 Å². The molecule has 1 aliphatic carbocycles. The summed E-state index contributed by atoms with van der Waals surface area (Å²) in [6.45, 7) is 11.0. The molecule has 0 heterocycles. The number of aliphatic hydroxyl groups is 1. The Hall–Kier alpha value is -0.120. The minimum atomic E-state index is -0.378. The van der Waals surface area contributed by atoms with E-state index in [2.05, 4.69) is 33.0 Å². The second-order valence-corrected chi connectivity index (χ2v) is 7.04. The Bertz CT molecular complexity index is 260. The Morgan fingerprint density at radius 1 is 1.19 bits per heavy atom. The minimum absolute atomic E-state index is 0.378. The van der Waals surface area contributed by atoms with Gasteiger partial charge in [0.1, 0.15) is 0 Å². The van der Waals surface area contributed by atoms with Gasteiger partial charge in [-0.2, -0.15) is 0 Å². The predicted molar refractivity (Wildman–Crippen MR) is 89.5 cm³/mol. The minimum Gasteiger partial charge on any atom is -0.389 e. The Balaban J connectivity index is 2.09. The Morgan fingerprint density at radius 3 is 2.52 bits per heavy atom. The van der Waals surface area contributed by atoms with Gasteiger partial charge in [0.05, 0.1) is 12.7 Å². The number of hydrogen-bond acceptors (Lipinski definition) is 3. The van der Waals surface area contributed by atoms with Gasteiger partial charge in [0.25, 0.3) is 0 Å². The van der Waals surface area contributed by atoms with Crippen LogP contribution in [0.3, 0.4) is 0 Å². The molecule has 21 heavy (non-hydrogen) atoms. The third-order valence-electron chi connectivity index (χ3n) is 5.29. The first-order valence-electron chi connectivity index (χ1n) is 9.07. The predicted octanol–water partition coefficient (Wildman–Crippen LogP) is 3.60. The van der Waals surface area contributed by atoms with Crippen molar-refractivity contribution in [2.75, 3.05) is 19.8 Å². The normalized spacial score (nSPS) is 28.7. The summed E-state index contributed by atoms with van der Waals surface area (Å²) in [6.07, 6.45) is 7.12. The van der Waals surface area contributed by atoms with Crippen molar-refractivity contribution in [2.24, 2.45) is 17.8 Å². The van der Waals surface area contributed by atoms with Crippen LogP contribution in [-0.2, 0) is 4.74 Å². The fourth-order valence-corrected chi connectivity index (χ4v) is 3.27. The van der Waals surface area contributed by atoms with Crippen molar-refractivity contribution in [3.05, 3.63) is 0 Å². The van der Waals surface area contributed by atoms with Gasteiger partial charge in [0, 0.05) is 19.2 Å². The summed E-state index contributed by atoms with van der Waals surface area (Å²) in [7, 11) is 0. The molecule has 3 heteroatoms. The van der Waals surface area contributed by atoms with Crippen LogP contribution in [0.25, 0.3) is 0 Å². The molecule has 1 fully saturated rings. The summed E-state index contributed by atoms with van der Waals surface area (Å²) < 4.78 is 5.72. The highest BCUT2D eigenvalue weighted by molar-refractivity contribution is 4.85. The highest BCUT2D eigenvalue weighted by atomic mass is 16.5. The van der Waals surface area contributed by atoms with Crippen LogP contribution in [0.15, 0.2) is 0 Å². The fourth-order valence-electron chi connectivity index (χ4n) is 3.27. The largest absolute Gasteiger partial charge is 0.389 e. The lowest BCUT2D eigenvalue weighted by Gasteiger charge is -2.22. The van der Waals surface area contributed by atoms with Gasteiger partial charge in [-0.25, -0.2) is 0 Å². The standard InChI is InChI=1S/C18H37NO2/c1-5-7-8-16(6-2)12-21-13-17(20)11-19-18-10-9-14(3)15(18)4/h14-20H,5-13H2,1-4H3. The van der Waals surface area contributed by atoms with Crippen molar-refractivity contribution in [2.45, 2.75) is 78.4 Å². The lowest BCUT2D eigenvalue weighted by Crippen LogP contribution is -2.39. The van der Waals surface area contributed by atoms with Crippen molar-refractivity contribution >= 4 is 0 Å². The molecule has 5 atom stereocenters. The van der Waals surface area contributed by atoms with E-state index in [-0.39, 0.29) is 6.10 Å². The molecule has 1 rings (SSSR count). The molecule has 1 aliphatic rings. The van der Waals surface area contributed by atoms with Crippen LogP contribution in [0.4, 0.5) is 0 Å². The van der Waals surface area contributed by atoms with Crippen LogP contribution in [0, 0.1) is 17.8 Å². The quantitative estimate of drug-likeness (QED) is 0.612. The zero-order valence-corrected chi connectivity index (χ0v) is 14.6. The molecule has 3 nitrogen and oxygen atoms in total. The molecule has 0 aromatic heterocycles. The molecular formula is C18H37NO2. The van der Waals surface area contributed by atoms with Crippen LogP contribution >= 0.6 is 0 Å². The van der Waals surface area contributed by atoms with Gasteiger partial charge in [-0.3, -0.25) is 0 Å². The maximum Gasteiger partial charge on any atom is 0.0897 e. The van der Waals surface area contributed by atoms with Crippen molar-refractivity contribution in [3.8, 4) is 0 Å². The second-order valence-electron chi connectivity index (χ2n) is 7.04. The number of ether oxygens (including phenoxy) is 1. The number of hydrogen-bond donors (Lipinski definition) is 2. The zero-order valence-electron chi connectivity index (χ0n) is 14.6. The molecule has 0 radical (unpaired) electrons. The van der Waals surface area contributed by atoms with E-state index in [1.165, 1.54) is 38.5 Å². The summed E-state index contributed by atoms with van der Waals surface area (Å²) in [6, 6.07) is 0.572. The zero-order chi connectivity index (χ0) is 15.7. The van der Waals surface area contributed by atoms with Crippen molar-refractivity contribution in [3.63, 3.8) is 0 Å². The smallest absolute Gasteiger partial charge is 0.0897 e. The third-order valence-corrected chi connectivity index (χ3v) is 5.29. The monoisotopic (exact) mass is 299 g/mol. The van der Waals surface area contributed by atoms with E-state index in [0.29, 0.717) is 25.1 Å². The van der Waals surface area contributed by atoms with Gasteiger partial charge in [0.2, 0.25) is 0 Å². The maximum absolute atomic E-state index is 10.0. The fraction of sp³-hybridized carbons (Fsp3) is 1.00. The summed E-state index contributed by atoms with van der Waals surface area (Å²) >= 11 is 0. The van der Waals surface area contributed by atoms with Gasteiger partial charge >= 0.3 is 0 Å². The number of rotatable bonds is 11. The molecule has 0 bridgehead atoms. The first kappa shape index (κ1) is 18.9. The lowest BCUT2D eigenvalue weighted by atomic mass is 9.98. The van der Waals surface area contributed by atoms with Crippen molar-refractivity contribution in [1.82, 2.24) is 5.32 Å². The van der Waals surface area contributed by atoms with Gasteiger partial charge in [-0.15, -0.1) is 0 Å². The van der Waals surface area contributed by atoms with Crippen LogP contribution in [0.5, 0.6) is 0 Å². The summed E-state index contributed by atoms with van der Waals surface area (Å²) in [5.74, 6) is 2.18. The highest BCUT2D eigenvalue weighted by Crippen LogP contribution is 2.30. The van der Waals surface area contributed by atoms with Crippen molar-refractivity contribution < 1.29 is 9.84 Å². The second kappa shape index (κ2) is 10.6. The average Bonchev–Trinajstić information content (AvgIpc) is 2.80. The van der Waals surface area contributed by atoms with E-state index in [1.54, 1.807) is 0 Å². The molecule has 0 amide bonds. The van der Waals surface area contributed by atoms with E-state index in [9.17, 15) is 5.11 Å². The molecule has 0 spiro atoms. The van der Waals surface area contributed by atoms with Crippen LogP contribution in [0.1, 0.15) is 66.2 Å². The molecule has 126 valence electrons. The topological polar surface area (TPSA) is 41.5 Å². The van der Waals surface area contributed by atoms with Crippen LogP contribution < -0.4 is 5.32 Å². The SMILES string of the molecule is CCCCC(CC)COCC(O)CNC1CCC(C)C1C. The van der Waals surface area contributed by atoms with E-state index in [4.69, 9.17) is 4.74 Å². The molecule has 0 aromatic carbocycles. The first-order valence-corrected chi connectivity index (χ1v) is 9.07. The molecule has 2 N–H and O–H groups in total. The van der Waals surface area contributed by atoms with Crippen molar-refractivity contribution in [1.29, 1.82) is 0 Å². The number of nitrogens with one attached hydrogen (secondary N) is 1. The number of unbranched alkanes of at least 4 members (excludes halogenated alkanes) is 1. The highest BCUT2D eigenvalue weighted by Gasteiger charge is 2.29. The van der Waals surface area contributed by atoms with E-state index in [0.717, 1.165) is 18.4 Å². The summed E-state index contributed by atoms with van der Waals surface area (Å²) in [5, 5.41) is 13.6. The van der Waals surface area contributed by atoms with E-state index in [1.807, 2.05) is 0 Å². The molecule has 1 saturated carbocycles. The van der Waals surface area contributed by atoms with Gasteiger partial charge < -0.3 is 15.2 Å². The average molecular weight is 299 g/mol. The molecular weight excluding hydrogens is 262 g/mol. The van der Waals surface area contributed by atoms with Gasteiger partial charge in [0.15, 0.2) is 0 Å².